The molecule has 0 aliphatic carbocycles. The molecule has 0 fully saturated rings. The van der Waals surface area contributed by atoms with Crippen LogP contribution in [0.25, 0.3) is 11.3 Å². The maximum absolute atomic E-state index is 12.4. The molecule has 2 aromatic carbocycles. The number of methoxy groups -OCH3 is 1. The summed E-state index contributed by atoms with van der Waals surface area (Å²) >= 11 is 1.30. The number of hydrogen-bond donors (Lipinski definition) is 1. The summed E-state index contributed by atoms with van der Waals surface area (Å²) in [5, 5.41) is 4.97. The van der Waals surface area contributed by atoms with Crippen LogP contribution in [0.4, 0.5) is 5.13 Å². The number of rotatable bonds is 7. The van der Waals surface area contributed by atoms with Crippen molar-refractivity contribution in [2.24, 2.45) is 0 Å². The van der Waals surface area contributed by atoms with E-state index in [0.717, 1.165) is 28.1 Å². The van der Waals surface area contributed by atoms with Gasteiger partial charge in [0.05, 0.1) is 23.5 Å². The van der Waals surface area contributed by atoms with Crippen molar-refractivity contribution in [2.75, 3.05) is 18.2 Å². The van der Waals surface area contributed by atoms with E-state index in [4.69, 9.17) is 4.74 Å². The summed E-state index contributed by atoms with van der Waals surface area (Å²) in [5.41, 5.74) is 3.63. The van der Waals surface area contributed by atoms with Crippen LogP contribution in [0.2, 0.25) is 0 Å². The highest BCUT2D eigenvalue weighted by Gasteiger charge is 2.17. The van der Waals surface area contributed by atoms with Gasteiger partial charge in [0.1, 0.15) is 5.75 Å². The number of nitrogens with zero attached hydrogens (tertiary/aromatic N) is 1. The van der Waals surface area contributed by atoms with Crippen molar-refractivity contribution in [3.05, 3.63) is 59.0 Å². The predicted molar refractivity (Wildman–Crippen MR) is 115 cm³/mol. The lowest BCUT2D eigenvalue weighted by atomic mass is 10.1. The van der Waals surface area contributed by atoms with Gasteiger partial charge >= 0.3 is 0 Å². The molecular formula is C21H22N2O4S2. The van der Waals surface area contributed by atoms with Crippen LogP contribution in [0.5, 0.6) is 5.75 Å². The molecule has 3 aromatic rings. The minimum Gasteiger partial charge on any atom is -0.496 e. The lowest BCUT2D eigenvalue weighted by Crippen LogP contribution is -2.17. The molecule has 0 saturated carbocycles. The van der Waals surface area contributed by atoms with Crippen LogP contribution in [0.3, 0.4) is 0 Å². The molecule has 8 heteroatoms. The van der Waals surface area contributed by atoms with Gasteiger partial charge in [0.15, 0.2) is 15.0 Å². The molecule has 0 aliphatic heterocycles. The zero-order valence-electron chi connectivity index (χ0n) is 16.4. The molecule has 1 heterocycles. The van der Waals surface area contributed by atoms with Crippen molar-refractivity contribution in [3.63, 3.8) is 0 Å². The second-order valence-electron chi connectivity index (χ2n) is 6.65. The normalized spacial score (nSPS) is 11.3. The van der Waals surface area contributed by atoms with Gasteiger partial charge in [-0.3, -0.25) is 4.79 Å². The number of nitrogens with one attached hydrogen (secondary N) is 1. The molecule has 0 saturated heterocycles. The summed E-state index contributed by atoms with van der Waals surface area (Å²) in [7, 11) is -1.88. The van der Waals surface area contributed by atoms with Crippen molar-refractivity contribution in [1.29, 1.82) is 0 Å². The lowest BCUT2D eigenvalue weighted by Gasteiger charge is -2.06. The Labute approximate surface area is 174 Å². The van der Waals surface area contributed by atoms with Crippen LogP contribution in [-0.2, 0) is 14.6 Å². The van der Waals surface area contributed by atoms with Gasteiger partial charge in [-0.1, -0.05) is 17.7 Å². The summed E-state index contributed by atoms with van der Waals surface area (Å²) in [5.74, 6) is 0.164. The number of carbonyl (C=O) groups is 1. The Kier molecular flexibility index (Phi) is 6.34. The van der Waals surface area contributed by atoms with Crippen LogP contribution < -0.4 is 10.1 Å². The molecule has 0 spiro atoms. The molecule has 152 valence electrons. The van der Waals surface area contributed by atoms with Gasteiger partial charge in [-0.15, -0.1) is 11.3 Å². The van der Waals surface area contributed by atoms with Crippen LogP contribution in [-0.4, -0.2) is 32.2 Å². The smallest absolute Gasteiger partial charge is 0.227 e. The maximum Gasteiger partial charge on any atom is 0.227 e. The highest BCUT2D eigenvalue weighted by Crippen LogP contribution is 2.28. The molecule has 1 amide bonds. The maximum atomic E-state index is 12.4. The van der Waals surface area contributed by atoms with E-state index in [0.29, 0.717) is 5.13 Å². The molecule has 1 aromatic heterocycles. The summed E-state index contributed by atoms with van der Waals surface area (Å²) in [4.78, 5) is 16.9. The first-order valence-electron chi connectivity index (χ1n) is 8.98. The number of sulfone groups is 1. The Balaban J connectivity index is 1.61. The van der Waals surface area contributed by atoms with E-state index in [1.165, 1.54) is 11.3 Å². The monoisotopic (exact) mass is 430 g/mol. The van der Waals surface area contributed by atoms with E-state index >= 15 is 0 Å². The van der Waals surface area contributed by atoms with Crippen LogP contribution >= 0.6 is 11.3 Å². The number of benzene rings is 2. The SMILES string of the molecule is COc1ccc(-c2csc(NC(=O)CCS(=O)(=O)c3ccc(C)cc3)n2)cc1C. The zero-order chi connectivity index (χ0) is 21.0. The van der Waals surface area contributed by atoms with Gasteiger partial charge in [-0.25, -0.2) is 13.4 Å². The number of ether oxygens (including phenoxy) is 1. The summed E-state index contributed by atoms with van der Waals surface area (Å²) in [6.45, 7) is 3.84. The first-order valence-corrected chi connectivity index (χ1v) is 11.5. The number of aromatic nitrogens is 1. The van der Waals surface area contributed by atoms with Gasteiger partial charge in [0.25, 0.3) is 0 Å². The predicted octanol–water partition coefficient (Wildman–Crippen LogP) is 4.24. The Morgan fingerprint density at radius 2 is 1.86 bits per heavy atom. The number of aryl methyl sites for hydroxylation is 2. The van der Waals surface area contributed by atoms with E-state index in [1.54, 1.807) is 31.4 Å². The van der Waals surface area contributed by atoms with Gasteiger partial charge in [0.2, 0.25) is 5.91 Å². The fraction of sp³-hybridized carbons (Fsp3) is 0.238. The van der Waals surface area contributed by atoms with Crippen molar-refractivity contribution in [2.45, 2.75) is 25.2 Å². The summed E-state index contributed by atoms with van der Waals surface area (Å²) in [6.07, 6.45) is -0.132. The van der Waals surface area contributed by atoms with E-state index in [9.17, 15) is 13.2 Å². The Morgan fingerprint density at radius 1 is 1.14 bits per heavy atom. The topological polar surface area (TPSA) is 85.4 Å². The quantitative estimate of drug-likeness (QED) is 0.606. The third kappa shape index (κ3) is 5.21. The minimum atomic E-state index is -3.50. The van der Waals surface area contributed by atoms with E-state index in [-0.39, 0.29) is 23.0 Å². The largest absolute Gasteiger partial charge is 0.496 e. The Bertz CT molecular complexity index is 1120. The Hall–Kier alpha value is -2.71. The number of hydrogen-bond acceptors (Lipinski definition) is 6. The van der Waals surface area contributed by atoms with Crippen molar-refractivity contribution >= 4 is 32.2 Å². The zero-order valence-corrected chi connectivity index (χ0v) is 18.1. The molecule has 0 aliphatic rings. The van der Waals surface area contributed by atoms with Crippen LogP contribution in [0, 0.1) is 13.8 Å². The average Bonchev–Trinajstić information content (AvgIpc) is 3.15. The van der Waals surface area contributed by atoms with Crippen LogP contribution in [0.1, 0.15) is 17.5 Å². The van der Waals surface area contributed by atoms with Gasteiger partial charge < -0.3 is 10.1 Å². The summed E-state index contributed by atoms with van der Waals surface area (Å²) in [6, 6.07) is 12.3. The molecule has 29 heavy (non-hydrogen) atoms. The van der Waals surface area contributed by atoms with Crippen molar-refractivity contribution in [3.8, 4) is 17.0 Å². The van der Waals surface area contributed by atoms with Crippen LogP contribution in [0.15, 0.2) is 52.7 Å². The van der Waals surface area contributed by atoms with Gasteiger partial charge in [-0.2, -0.15) is 0 Å². The van der Waals surface area contributed by atoms with E-state index < -0.39 is 9.84 Å². The lowest BCUT2D eigenvalue weighted by molar-refractivity contribution is -0.115. The summed E-state index contributed by atoms with van der Waals surface area (Å²) < 4.78 is 30.0. The van der Waals surface area contributed by atoms with E-state index in [1.807, 2.05) is 37.4 Å². The van der Waals surface area contributed by atoms with Crippen molar-refractivity contribution < 1.29 is 17.9 Å². The molecule has 0 unspecified atom stereocenters. The van der Waals surface area contributed by atoms with E-state index in [2.05, 4.69) is 10.3 Å². The molecule has 1 N–H and O–H groups in total. The number of thiazole rings is 1. The van der Waals surface area contributed by atoms with Crippen molar-refractivity contribution in [1.82, 2.24) is 4.98 Å². The molecule has 3 rings (SSSR count). The molecule has 0 bridgehead atoms. The number of anilines is 1. The second-order valence-corrected chi connectivity index (χ2v) is 9.62. The first-order chi connectivity index (χ1) is 13.8. The third-order valence-corrected chi connectivity index (χ3v) is 6.91. The highest BCUT2D eigenvalue weighted by atomic mass is 32.2. The molecule has 0 atom stereocenters. The Morgan fingerprint density at radius 3 is 2.52 bits per heavy atom. The molecule has 0 radical (unpaired) electrons. The average molecular weight is 431 g/mol. The standard InChI is InChI=1S/C21H22N2O4S2/c1-14-4-7-17(8-5-14)29(25,26)11-10-20(24)23-21-22-18(13-28-21)16-6-9-19(27-3)15(2)12-16/h4-9,12-13H,10-11H2,1-3H3,(H,22,23,24). The van der Waals surface area contributed by atoms with Gasteiger partial charge in [0, 0.05) is 17.4 Å². The number of amides is 1. The molecule has 6 nitrogen and oxygen atoms in total. The third-order valence-electron chi connectivity index (χ3n) is 4.42. The highest BCUT2D eigenvalue weighted by molar-refractivity contribution is 7.91. The second kappa shape index (κ2) is 8.75. The number of carbonyl (C=O) groups excluding carboxylic acids is 1. The fourth-order valence-corrected chi connectivity index (χ4v) is 4.75. The molecular weight excluding hydrogens is 408 g/mol. The minimum absolute atomic E-state index is 0.132. The van der Waals surface area contributed by atoms with Gasteiger partial charge in [-0.05, 0) is 49.7 Å². The first kappa shape index (κ1) is 21.0. The fourth-order valence-electron chi connectivity index (χ4n) is 2.77.